The van der Waals surface area contributed by atoms with Crippen molar-refractivity contribution in [2.75, 3.05) is 39.9 Å². The molecule has 3 nitrogen and oxygen atoms in total. The summed E-state index contributed by atoms with van der Waals surface area (Å²) in [6.45, 7) is 15.1. The quantitative estimate of drug-likeness (QED) is 0.589. The third kappa shape index (κ3) is 6.66. The Morgan fingerprint density at radius 1 is 1.47 bits per heavy atom. The lowest BCUT2D eigenvalue weighted by atomic mass is 10.2. The second-order valence-corrected chi connectivity index (χ2v) is 3.94. The summed E-state index contributed by atoms with van der Waals surface area (Å²) in [7, 11) is 1.76. The maximum absolute atomic E-state index is 5.25. The van der Waals surface area contributed by atoms with Crippen LogP contribution in [0.2, 0.25) is 0 Å². The summed E-state index contributed by atoms with van der Waals surface area (Å²) in [5.74, 6) is 0. The van der Waals surface area contributed by atoms with Gasteiger partial charge >= 0.3 is 0 Å². The standard InChI is InChI=1S/C12H26N2O/c1-6-13-8-12(10-15-5)14(7-2)9-11(3)4/h12-13H,3,6-10H2,1-2,4-5H3. The summed E-state index contributed by atoms with van der Waals surface area (Å²) in [6.07, 6.45) is 0. The summed E-state index contributed by atoms with van der Waals surface area (Å²) in [4.78, 5) is 2.40. The minimum absolute atomic E-state index is 0.441. The molecule has 1 atom stereocenters. The van der Waals surface area contributed by atoms with Gasteiger partial charge in [-0.2, -0.15) is 0 Å². The van der Waals surface area contributed by atoms with Gasteiger partial charge in [-0.15, -0.1) is 0 Å². The first-order chi connectivity index (χ1) is 7.15. The number of nitrogens with zero attached hydrogens (tertiary/aromatic N) is 1. The van der Waals surface area contributed by atoms with E-state index in [1.54, 1.807) is 7.11 Å². The molecule has 0 spiro atoms. The first-order valence-electron chi connectivity index (χ1n) is 5.73. The molecule has 0 amide bonds. The van der Waals surface area contributed by atoms with Crippen LogP contribution in [-0.4, -0.2) is 50.8 Å². The van der Waals surface area contributed by atoms with E-state index in [-0.39, 0.29) is 0 Å². The molecule has 3 heteroatoms. The molecular formula is C12H26N2O. The molecule has 0 aromatic heterocycles. The fourth-order valence-corrected chi connectivity index (χ4v) is 1.64. The third-order valence-electron chi connectivity index (χ3n) is 2.38. The van der Waals surface area contributed by atoms with Gasteiger partial charge in [-0.25, -0.2) is 0 Å². The van der Waals surface area contributed by atoms with Crippen molar-refractivity contribution in [1.82, 2.24) is 10.2 Å². The highest BCUT2D eigenvalue weighted by molar-refractivity contribution is 4.93. The first kappa shape index (κ1) is 14.6. The second kappa shape index (κ2) is 8.89. The predicted octanol–water partition coefficient (Wildman–Crippen LogP) is 1.51. The Morgan fingerprint density at radius 2 is 2.13 bits per heavy atom. The van der Waals surface area contributed by atoms with E-state index in [1.807, 2.05) is 0 Å². The van der Waals surface area contributed by atoms with Gasteiger partial charge in [0.2, 0.25) is 0 Å². The number of likely N-dealkylation sites (N-methyl/N-ethyl adjacent to an activating group) is 2. The summed E-state index contributed by atoms with van der Waals surface area (Å²) in [5.41, 5.74) is 1.20. The van der Waals surface area contributed by atoms with Gasteiger partial charge in [0.1, 0.15) is 0 Å². The zero-order chi connectivity index (χ0) is 11.7. The highest BCUT2D eigenvalue weighted by atomic mass is 16.5. The van der Waals surface area contributed by atoms with Crippen LogP contribution in [0.15, 0.2) is 12.2 Å². The Labute approximate surface area is 94.5 Å². The Hall–Kier alpha value is -0.380. The van der Waals surface area contributed by atoms with Crippen LogP contribution in [-0.2, 0) is 4.74 Å². The number of rotatable bonds is 9. The van der Waals surface area contributed by atoms with E-state index < -0.39 is 0 Å². The minimum atomic E-state index is 0.441. The van der Waals surface area contributed by atoms with Crippen LogP contribution in [0.1, 0.15) is 20.8 Å². The van der Waals surface area contributed by atoms with Crippen molar-refractivity contribution in [3.8, 4) is 0 Å². The van der Waals surface area contributed by atoms with Gasteiger partial charge in [0.05, 0.1) is 6.61 Å². The normalized spacial score (nSPS) is 13.1. The molecule has 0 bridgehead atoms. The van der Waals surface area contributed by atoms with E-state index >= 15 is 0 Å². The Kier molecular flexibility index (Phi) is 8.67. The zero-order valence-corrected chi connectivity index (χ0v) is 10.7. The van der Waals surface area contributed by atoms with Crippen molar-refractivity contribution in [3.05, 3.63) is 12.2 Å². The van der Waals surface area contributed by atoms with Gasteiger partial charge in [0.25, 0.3) is 0 Å². The molecule has 0 saturated carbocycles. The summed E-state index contributed by atoms with van der Waals surface area (Å²) < 4.78 is 5.25. The minimum Gasteiger partial charge on any atom is -0.383 e. The van der Waals surface area contributed by atoms with Crippen molar-refractivity contribution < 1.29 is 4.74 Å². The van der Waals surface area contributed by atoms with Crippen molar-refractivity contribution in [3.63, 3.8) is 0 Å². The summed E-state index contributed by atoms with van der Waals surface area (Å²) in [5, 5.41) is 3.37. The molecular weight excluding hydrogens is 188 g/mol. The van der Waals surface area contributed by atoms with Crippen molar-refractivity contribution in [1.29, 1.82) is 0 Å². The van der Waals surface area contributed by atoms with E-state index in [9.17, 15) is 0 Å². The Morgan fingerprint density at radius 3 is 2.53 bits per heavy atom. The molecule has 0 saturated heterocycles. The first-order valence-corrected chi connectivity index (χ1v) is 5.73. The largest absolute Gasteiger partial charge is 0.383 e. The molecule has 0 aromatic carbocycles. The monoisotopic (exact) mass is 214 g/mol. The van der Waals surface area contributed by atoms with Crippen LogP contribution < -0.4 is 5.32 Å². The van der Waals surface area contributed by atoms with E-state index in [2.05, 4.69) is 37.6 Å². The maximum atomic E-state index is 5.25. The van der Waals surface area contributed by atoms with Crippen LogP contribution in [0.3, 0.4) is 0 Å². The van der Waals surface area contributed by atoms with Gasteiger partial charge < -0.3 is 10.1 Å². The van der Waals surface area contributed by atoms with Gasteiger partial charge in [-0.05, 0) is 20.0 Å². The number of methoxy groups -OCH3 is 1. The lowest BCUT2D eigenvalue weighted by molar-refractivity contribution is 0.0985. The molecule has 0 radical (unpaired) electrons. The highest BCUT2D eigenvalue weighted by Gasteiger charge is 2.15. The average Bonchev–Trinajstić information content (AvgIpc) is 2.20. The van der Waals surface area contributed by atoms with Crippen molar-refractivity contribution in [2.24, 2.45) is 0 Å². The highest BCUT2D eigenvalue weighted by Crippen LogP contribution is 2.03. The summed E-state index contributed by atoms with van der Waals surface area (Å²) >= 11 is 0. The number of ether oxygens (including phenoxy) is 1. The molecule has 0 aromatic rings. The van der Waals surface area contributed by atoms with Crippen molar-refractivity contribution in [2.45, 2.75) is 26.8 Å². The smallest absolute Gasteiger partial charge is 0.0630 e. The Balaban J connectivity index is 4.18. The number of hydrogen-bond donors (Lipinski definition) is 1. The van der Waals surface area contributed by atoms with Gasteiger partial charge in [0, 0.05) is 26.2 Å². The fraction of sp³-hybridized carbons (Fsp3) is 0.833. The van der Waals surface area contributed by atoms with E-state index in [0.29, 0.717) is 6.04 Å². The average molecular weight is 214 g/mol. The molecule has 0 aliphatic carbocycles. The number of hydrogen-bond acceptors (Lipinski definition) is 3. The predicted molar refractivity (Wildman–Crippen MR) is 66.3 cm³/mol. The molecule has 1 unspecified atom stereocenters. The third-order valence-corrected chi connectivity index (χ3v) is 2.38. The lowest BCUT2D eigenvalue weighted by Gasteiger charge is -2.30. The maximum Gasteiger partial charge on any atom is 0.0630 e. The molecule has 0 aliphatic heterocycles. The van der Waals surface area contributed by atoms with Crippen LogP contribution in [0, 0.1) is 0 Å². The molecule has 1 N–H and O–H groups in total. The fourth-order valence-electron chi connectivity index (χ4n) is 1.64. The molecule has 0 fully saturated rings. The van der Waals surface area contributed by atoms with Crippen LogP contribution in [0.25, 0.3) is 0 Å². The zero-order valence-electron chi connectivity index (χ0n) is 10.7. The lowest BCUT2D eigenvalue weighted by Crippen LogP contribution is -2.45. The van der Waals surface area contributed by atoms with Gasteiger partial charge in [-0.3, -0.25) is 4.90 Å². The van der Waals surface area contributed by atoms with E-state index in [1.165, 1.54) is 5.57 Å². The van der Waals surface area contributed by atoms with Crippen LogP contribution >= 0.6 is 0 Å². The van der Waals surface area contributed by atoms with E-state index in [4.69, 9.17) is 4.74 Å². The van der Waals surface area contributed by atoms with Gasteiger partial charge in [-0.1, -0.05) is 26.0 Å². The SMILES string of the molecule is C=C(C)CN(CC)C(CNCC)COC. The van der Waals surface area contributed by atoms with Crippen LogP contribution in [0.4, 0.5) is 0 Å². The van der Waals surface area contributed by atoms with Crippen LogP contribution in [0.5, 0.6) is 0 Å². The molecule has 15 heavy (non-hydrogen) atoms. The van der Waals surface area contributed by atoms with Crippen molar-refractivity contribution >= 4 is 0 Å². The molecule has 90 valence electrons. The number of nitrogens with one attached hydrogen (secondary N) is 1. The summed E-state index contributed by atoms with van der Waals surface area (Å²) in [6, 6.07) is 0.441. The second-order valence-electron chi connectivity index (χ2n) is 3.94. The van der Waals surface area contributed by atoms with Gasteiger partial charge in [0.15, 0.2) is 0 Å². The van der Waals surface area contributed by atoms with E-state index in [0.717, 1.165) is 32.8 Å². The molecule has 0 rings (SSSR count). The Bertz CT molecular complexity index is 171. The topological polar surface area (TPSA) is 24.5 Å². The molecule has 0 heterocycles. The molecule has 0 aliphatic rings.